The Kier molecular flexibility index (Phi) is 8.31. The van der Waals surface area contributed by atoms with Crippen molar-refractivity contribution in [1.29, 1.82) is 0 Å². The summed E-state index contributed by atoms with van der Waals surface area (Å²) in [7, 11) is -3.54. The minimum Gasteiger partial charge on any atom is -0.348 e. The van der Waals surface area contributed by atoms with Gasteiger partial charge in [0, 0.05) is 23.7 Å². The molecular weight excluding hydrogens is 489 g/mol. The number of benzene rings is 2. The molecule has 0 atom stereocenters. The summed E-state index contributed by atoms with van der Waals surface area (Å²) in [6.45, 7) is 4.62. The number of piperidine rings is 1. The third-order valence-electron chi connectivity index (χ3n) is 5.96. The first-order valence-corrected chi connectivity index (χ1v) is 13.2. The molecule has 1 aliphatic heterocycles. The summed E-state index contributed by atoms with van der Waals surface area (Å²) in [5.41, 5.74) is -0.0294. The van der Waals surface area contributed by atoms with Gasteiger partial charge >= 0.3 is 6.18 Å². The molecule has 1 saturated heterocycles. The monoisotopic (exact) mass is 516 g/mol. The second-order valence-electron chi connectivity index (χ2n) is 8.52. The first-order valence-electron chi connectivity index (χ1n) is 11.1. The Morgan fingerprint density at radius 1 is 1.12 bits per heavy atom. The molecule has 0 saturated carbocycles. The number of rotatable bonds is 7. The lowest BCUT2D eigenvalue weighted by molar-refractivity contribution is -0.138. The van der Waals surface area contributed by atoms with E-state index in [0.717, 1.165) is 30.9 Å². The average molecular weight is 517 g/mol. The zero-order valence-corrected chi connectivity index (χ0v) is 20.7. The number of halogens is 4. The molecule has 2 aromatic carbocycles. The lowest BCUT2D eigenvalue weighted by Gasteiger charge is -2.28. The summed E-state index contributed by atoms with van der Waals surface area (Å²) in [4.78, 5) is 14.8. The van der Waals surface area contributed by atoms with Gasteiger partial charge < -0.3 is 5.32 Å². The number of sulfone groups is 1. The molecule has 0 unspecified atom stereocenters. The molecule has 0 bridgehead atoms. The van der Waals surface area contributed by atoms with Crippen LogP contribution in [0, 0.1) is 6.92 Å². The van der Waals surface area contributed by atoms with Gasteiger partial charge in [0.15, 0.2) is 9.84 Å². The van der Waals surface area contributed by atoms with Gasteiger partial charge in [-0.15, -0.1) is 0 Å². The standard InChI is InChI=1S/C24H28ClF3N2O3S/c1-3-34(32,33)22-8-7-16(2)11-18(22)14-29-23(31)17-12-20(24(26,27)28)19(21(25)13-17)15-30-9-5-4-6-10-30/h7-8,11-13H,3-6,9-10,14-15H2,1-2H3,(H,29,31). The smallest absolute Gasteiger partial charge is 0.348 e. The van der Waals surface area contributed by atoms with E-state index >= 15 is 0 Å². The van der Waals surface area contributed by atoms with Crippen molar-refractivity contribution in [3.8, 4) is 0 Å². The number of alkyl halides is 3. The molecule has 0 spiro atoms. The first-order chi connectivity index (χ1) is 15.9. The fourth-order valence-electron chi connectivity index (χ4n) is 4.11. The molecule has 186 valence electrons. The van der Waals surface area contributed by atoms with Gasteiger partial charge in [0.2, 0.25) is 0 Å². The maximum absolute atomic E-state index is 13.9. The van der Waals surface area contributed by atoms with Crippen LogP contribution in [-0.4, -0.2) is 38.1 Å². The van der Waals surface area contributed by atoms with E-state index in [2.05, 4.69) is 5.32 Å². The number of aryl methyl sites for hydroxylation is 1. The fourth-order valence-corrected chi connectivity index (χ4v) is 5.50. The van der Waals surface area contributed by atoms with Crippen LogP contribution in [-0.2, 0) is 29.1 Å². The number of nitrogens with one attached hydrogen (secondary N) is 1. The van der Waals surface area contributed by atoms with E-state index in [1.54, 1.807) is 19.1 Å². The molecule has 0 aliphatic carbocycles. The van der Waals surface area contributed by atoms with Crippen molar-refractivity contribution in [2.45, 2.75) is 57.3 Å². The van der Waals surface area contributed by atoms with E-state index in [4.69, 9.17) is 11.6 Å². The summed E-state index contributed by atoms with van der Waals surface area (Å²) >= 11 is 6.26. The van der Waals surface area contributed by atoms with E-state index in [-0.39, 0.29) is 39.9 Å². The number of carbonyl (C=O) groups excluding carboxylic acids is 1. The van der Waals surface area contributed by atoms with Gasteiger partial charge in [-0.25, -0.2) is 8.42 Å². The molecule has 10 heteroatoms. The van der Waals surface area contributed by atoms with E-state index in [1.165, 1.54) is 19.1 Å². The third-order valence-corrected chi connectivity index (χ3v) is 8.13. The topological polar surface area (TPSA) is 66.5 Å². The molecule has 1 aliphatic rings. The summed E-state index contributed by atoms with van der Waals surface area (Å²) in [6.07, 6.45) is -1.77. The Balaban J connectivity index is 1.87. The maximum atomic E-state index is 13.9. The summed E-state index contributed by atoms with van der Waals surface area (Å²) in [5.74, 6) is -0.877. The summed E-state index contributed by atoms with van der Waals surface area (Å²) in [5, 5.41) is 2.43. The first kappa shape index (κ1) is 26.5. The van der Waals surface area contributed by atoms with E-state index in [0.29, 0.717) is 18.7 Å². The zero-order valence-electron chi connectivity index (χ0n) is 19.1. The van der Waals surface area contributed by atoms with Crippen LogP contribution in [0.15, 0.2) is 35.2 Å². The van der Waals surface area contributed by atoms with Crippen molar-refractivity contribution in [3.63, 3.8) is 0 Å². The summed E-state index contributed by atoms with van der Waals surface area (Å²) in [6, 6.07) is 6.83. The minimum absolute atomic E-state index is 0.0392. The molecule has 1 N–H and O–H groups in total. The molecule has 0 aromatic heterocycles. The van der Waals surface area contributed by atoms with E-state index in [1.807, 2.05) is 4.90 Å². The second kappa shape index (κ2) is 10.7. The van der Waals surface area contributed by atoms with Gasteiger partial charge in [-0.2, -0.15) is 13.2 Å². The van der Waals surface area contributed by atoms with Crippen molar-refractivity contribution in [3.05, 3.63) is 63.2 Å². The molecule has 3 rings (SSSR count). The van der Waals surface area contributed by atoms with Crippen LogP contribution in [0.1, 0.15) is 58.8 Å². The van der Waals surface area contributed by atoms with Crippen LogP contribution in [0.5, 0.6) is 0 Å². The van der Waals surface area contributed by atoms with Gasteiger partial charge in [-0.05, 0) is 62.2 Å². The van der Waals surface area contributed by atoms with Gasteiger partial charge in [0.25, 0.3) is 5.91 Å². The van der Waals surface area contributed by atoms with Crippen LogP contribution < -0.4 is 5.32 Å². The van der Waals surface area contributed by atoms with Gasteiger partial charge in [0.05, 0.1) is 16.2 Å². The Morgan fingerprint density at radius 3 is 2.41 bits per heavy atom. The highest BCUT2D eigenvalue weighted by Crippen LogP contribution is 2.37. The molecule has 5 nitrogen and oxygen atoms in total. The van der Waals surface area contributed by atoms with Crippen molar-refractivity contribution in [1.82, 2.24) is 10.2 Å². The van der Waals surface area contributed by atoms with Crippen LogP contribution in [0.4, 0.5) is 13.2 Å². The molecule has 0 radical (unpaired) electrons. The Labute approximate surface area is 203 Å². The number of nitrogens with zero attached hydrogens (tertiary/aromatic N) is 1. The number of likely N-dealkylation sites (tertiary alicyclic amines) is 1. The van der Waals surface area contributed by atoms with Crippen LogP contribution in [0.25, 0.3) is 0 Å². The highest BCUT2D eigenvalue weighted by Gasteiger charge is 2.36. The van der Waals surface area contributed by atoms with Gasteiger partial charge in [-0.1, -0.05) is 42.6 Å². The van der Waals surface area contributed by atoms with Crippen molar-refractivity contribution < 1.29 is 26.4 Å². The largest absolute Gasteiger partial charge is 0.416 e. The molecule has 1 fully saturated rings. The van der Waals surface area contributed by atoms with Crippen LogP contribution in [0.3, 0.4) is 0 Å². The predicted molar refractivity (Wildman–Crippen MR) is 126 cm³/mol. The van der Waals surface area contributed by atoms with Gasteiger partial charge in [0.1, 0.15) is 0 Å². The second-order valence-corrected chi connectivity index (χ2v) is 11.2. The molecule has 1 heterocycles. The molecular formula is C24H28ClF3N2O3S. The predicted octanol–water partition coefficient (Wildman–Crippen LogP) is 5.38. The fraction of sp³-hybridized carbons (Fsp3) is 0.458. The van der Waals surface area contributed by atoms with E-state index in [9.17, 15) is 26.4 Å². The minimum atomic E-state index is -4.68. The number of hydrogen-bond acceptors (Lipinski definition) is 4. The van der Waals surface area contributed by atoms with Crippen molar-refractivity contribution in [2.75, 3.05) is 18.8 Å². The normalized spacial score (nSPS) is 15.4. The van der Waals surface area contributed by atoms with Crippen LogP contribution in [0.2, 0.25) is 5.02 Å². The highest BCUT2D eigenvalue weighted by molar-refractivity contribution is 7.91. The van der Waals surface area contributed by atoms with Crippen molar-refractivity contribution in [2.24, 2.45) is 0 Å². The maximum Gasteiger partial charge on any atom is 0.416 e. The Morgan fingerprint density at radius 2 is 1.79 bits per heavy atom. The van der Waals surface area contributed by atoms with Crippen molar-refractivity contribution >= 4 is 27.3 Å². The van der Waals surface area contributed by atoms with Gasteiger partial charge in [-0.3, -0.25) is 9.69 Å². The lowest BCUT2D eigenvalue weighted by atomic mass is 10.0. The Hall–Kier alpha value is -2.10. The van der Waals surface area contributed by atoms with E-state index < -0.39 is 27.5 Å². The molecule has 34 heavy (non-hydrogen) atoms. The third kappa shape index (κ3) is 6.31. The zero-order chi connectivity index (χ0) is 25.1. The molecule has 2 aromatic rings. The average Bonchev–Trinajstić information content (AvgIpc) is 2.78. The number of hydrogen-bond donors (Lipinski definition) is 1. The van der Waals surface area contributed by atoms with Crippen LogP contribution >= 0.6 is 11.6 Å². The summed E-state index contributed by atoms with van der Waals surface area (Å²) < 4.78 is 66.4. The lowest BCUT2D eigenvalue weighted by Crippen LogP contribution is -2.30. The number of amides is 1. The number of carbonyl (C=O) groups is 1. The Bertz CT molecular complexity index is 1160. The SMILES string of the molecule is CCS(=O)(=O)c1ccc(C)cc1CNC(=O)c1cc(Cl)c(CN2CCCCC2)c(C(F)(F)F)c1. The molecule has 1 amide bonds. The highest BCUT2D eigenvalue weighted by atomic mass is 35.5. The quantitative estimate of drug-likeness (QED) is 0.537.